The van der Waals surface area contributed by atoms with Crippen molar-refractivity contribution in [1.82, 2.24) is 5.32 Å². The van der Waals surface area contributed by atoms with Crippen LogP contribution in [0.4, 0.5) is 14.5 Å². The van der Waals surface area contributed by atoms with Gasteiger partial charge in [-0.2, -0.15) is 0 Å². The lowest BCUT2D eigenvalue weighted by molar-refractivity contribution is 0.0965. The number of rotatable bonds is 2. The van der Waals surface area contributed by atoms with E-state index in [4.69, 9.17) is 0 Å². The Morgan fingerprint density at radius 3 is 2.46 bits per heavy atom. The molecule has 5 heteroatoms. The molecule has 1 fully saturated rings. The van der Waals surface area contributed by atoms with Crippen molar-refractivity contribution in [3.8, 4) is 11.1 Å². The van der Waals surface area contributed by atoms with Crippen LogP contribution in [0, 0.1) is 17.0 Å². The molecule has 4 rings (SSSR count). The van der Waals surface area contributed by atoms with Crippen molar-refractivity contribution in [3.05, 3.63) is 53.1 Å². The van der Waals surface area contributed by atoms with Crippen LogP contribution in [0.3, 0.4) is 0 Å². The van der Waals surface area contributed by atoms with E-state index in [0.29, 0.717) is 28.7 Å². The fourth-order valence-corrected chi connectivity index (χ4v) is 3.82. The molecule has 2 aliphatic rings. The van der Waals surface area contributed by atoms with Gasteiger partial charge in [0.2, 0.25) is 0 Å². The highest BCUT2D eigenvalue weighted by molar-refractivity contribution is 6.01. The summed E-state index contributed by atoms with van der Waals surface area (Å²) in [6.07, 6.45) is 2.14. The first kappa shape index (κ1) is 17.0. The highest BCUT2D eigenvalue weighted by atomic mass is 19.1. The molecule has 2 aromatic carbocycles. The monoisotopic (exact) mass is 356 g/mol. The number of fused-ring (bicyclic) bond motifs is 1. The van der Waals surface area contributed by atoms with Gasteiger partial charge >= 0.3 is 0 Å². The first-order valence-corrected chi connectivity index (χ1v) is 9.00. The molecule has 3 nitrogen and oxygen atoms in total. The Kier molecular flexibility index (Phi) is 3.98. The smallest absolute Gasteiger partial charge is 0.251 e. The normalized spacial score (nSPS) is 18.6. The van der Waals surface area contributed by atoms with Crippen molar-refractivity contribution in [1.29, 1.82) is 0 Å². The lowest BCUT2D eigenvalue weighted by Gasteiger charge is -2.39. The Labute approximate surface area is 152 Å². The topological polar surface area (TPSA) is 32.3 Å². The molecule has 2 aliphatic heterocycles. The Bertz CT molecular complexity index is 882. The average Bonchev–Trinajstić information content (AvgIpc) is 2.96. The van der Waals surface area contributed by atoms with Gasteiger partial charge in [-0.3, -0.25) is 4.79 Å². The highest BCUT2D eigenvalue weighted by Gasteiger charge is 2.30. The van der Waals surface area contributed by atoms with E-state index in [9.17, 15) is 13.6 Å². The molecular weight excluding hydrogens is 334 g/mol. The minimum atomic E-state index is -0.617. The predicted molar refractivity (Wildman–Crippen MR) is 98.2 cm³/mol. The summed E-state index contributed by atoms with van der Waals surface area (Å²) in [4.78, 5) is 14.5. The zero-order chi connectivity index (χ0) is 18.5. The van der Waals surface area contributed by atoms with Crippen LogP contribution in [0.1, 0.15) is 42.6 Å². The number of piperidine rings is 1. The van der Waals surface area contributed by atoms with E-state index in [0.717, 1.165) is 43.2 Å². The largest absolute Gasteiger partial charge is 0.371 e. The maximum absolute atomic E-state index is 14.3. The predicted octanol–water partition coefficient (Wildman–Crippen LogP) is 4.50. The number of carbonyl (C=O) groups excluding carboxylic acids is 1. The molecule has 26 heavy (non-hydrogen) atoms. The number of halogens is 2. The highest BCUT2D eigenvalue weighted by Crippen LogP contribution is 2.38. The molecule has 0 bridgehead atoms. The Morgan fingerprint density at radius 2 is 1.77 bits per heavy atom. The van der Waals surface area contributed by atoms with Crippen molar-refractivity contribution in [3.63, 3.8) is 0 Å². The number of anilines is 1. The Balaban J connectivity index is 1.80. The minimum absolute atomic E-state index is 0.136. The summed E-state index contributed by atoms with van der Waals surface area (Å²) in [6.45, 7) is 6.84. The third-order valence-corrected chi connectivity index (χ3v) is 5.60. The van der Waals surface area contributed by atoms with E-state index in [-0.39, 0.29) is 5.91 Å². The van der Waals surface area contributed by atoms with Crippen molar-refractivity contribution in [2.45, 2.75) is 33.2 Å². The second kappa shape index (κ2) is 6.08. The molecule has 0 aliphatic carbocycles. The Hall–Kier alpha value is -2.43. The van der Waals surface area contributed by atoms with Crippen LogP contribution in [0.25, 0.3) is 11.1 Å². The van der Waals surface area contributed by atoms with Crippen LogP contribution in [-0.2, 0) is 6.54 Å². The number of benzene rings is 2. The molecule has 0 radical (unpaired) electrons. The van der Waals surface area contributed by atoms with Gasteiger partial charge in [-0.15, -0.1) is 0 Å². The maximum Gasteiger partial charge on any atom is 0.251 e. The van der Waals surface area contributed by atoms with Crippen molar-refractivity contribution in [2.24, 2.45) is 5.41 Å². The average molecular weight is 356 g/mol. The van der Waals surface area contributed by atoms with E-state index < -0.39 is 11.6 Å². The van der Waals surface area contributed by atoms with Crippen molar-refractivity contribution >= 4 is 11.6 Å². The van der Waals surface area contributed by atoms with Gasteiger partial charge in [-0.05, 0) is 48.1 Å². The summed E-state index contributed by atoms with van der Waals surface area (Å²) in [5.74, 6) is -1.36. The molecule has 0 spiro atoms. The molecule has 1 amide bonds. The van der Waals surface area contributed by atoms with E-state index >= 15 is 0 Å². The van der Waals surface area contributed by atoms with Crippen LogP contribution in [0.2, 0.25) is 0 Å². The van der Waals surface area contributed by atoms with Gasteiger partial charge in [0.15, 0.2) is 0 Å². The molecule has 1 saturated heterocycles. The van der Waals surface area contributed by atoms with Gasteiger partial charge in [0.25, 0.3) is 5.91 Å². The molecular formula is C21H22F2N2O. The molecule has 0 atom stereocenters. The fraction of sp³-hybridized carbons (Fsp3) is 0.381. The molecule has 136 valence electrons. The minimum Gasteiger partial charge on any atom is -0.371 e. The summed E-state index contributed by atoms with van der Waals surface area (Å²) >= 11 is 0. The van der Waals surface area contributed by atoms with Crippen LogP contribution >= 0.6 is 0 Å². The maximum atomic E-state index is 14.3. The van der Waals surface area contributed by atoms with E-state index in [2.05, 4.69) is 24.1 Å². The zero-order valence-corrected chi connectivity index (χ0v) is 15.0. The lowest BCUT2D eigenvalue weighted by Crippen LogP contribution is -2.37. The summed E-state index contributed by atoms with van der Waals surface area (Å²) in [5.41, 5.74) is 3.78. The number of nitrogens with zero attached hydrogens (tertiary/aromatic N) is 1. The zero-order valence-electron chi connectivity index (χ0n) is 15.0. The summed E-state index contributed by atoms with van der Waals surface area (Å²) < 4.78 is 27.6. The summed E-state index contributed by atoms with van der Waals surface area (Å²) in [7, 11) is 0. The third-order valence-electron chi connectivity index (χ3n) is 5.60. The second-order valence-electron chi connectivity index (χ2n) is 7.98. The first-order valence-electron chi connectivity index (χ1n) is 9.00. The molecule has 0 saturated carbocycles. The molecule has 2 heterocycles. The summed E-state index contributed by atoms with van der Waals surface area (Å²) in [5, 5.41) is 2.86. The van der Waals surface area contributed by atoms with Crippen LogP contribution in [0.5, 0.6) is 0 Å². The quantitative estimate of drug-likeness (QED) is 0.859. The van der Waals surface area contributed by atoms with E-state index in [1.165, 1.54) is 12.1 Å². The van der Waals surface area contributed by atoms with Gasteiger partial charge in [-0.25, -0.2) is 8.78 Å². The van der Waals surface area contributed by atoms with Gasteiger partial charge in [0.1, 0.15) is 11.6 Å². The summed E-state index contributed by atoms with van der Waals surface area (Å²) in [6, 6.07) is 7.21. The van der Waals surface area contributed by atoms with Crippen LogP contribution in [0.15, 0.2) is 30.3 Å². The Morgan fingerprint density at radius 1 is 1.04 bits per heavy atom. The van der Waals surface area contributed by atoms with Crippen LogP contribution < -0.4 is 10.2 Å². The van der Waals surface area contributed by atoms with Gasteiger partial charge < -0.3 is 10.2 Å². The second-order valence-corrected chi connectivity index (χ2v) is 7.98. The number of amides is 1. The fourth-order valence-electron chi connectivity index (χ4n) is 3.82. The van der Waals surface area contributed by atoms with E-state index in [1.807, 2.05) is 6.07 Å². The number of hydrogen-bond acceptors (Lipinski definition) is 2. The number of carbonyl (C=O) groups is 1. The van der Waals surface area contributed by atoms with Gasteiger partial charge in [0, 0.05) is 48.1 Å². The van der Waals surface area contributed by atoms with Crippen molar-refractivity contribution in [2.75, 3.05) is 18.0 Å². The van der Waals surface area contributed by atoms with Gasteiger partial charge in [-0.1, -0.05) is 13.8 Å². The van der Waals surface area contributed by atoms with Crippen LogP contribution in [-0.4, -0.2) is 19.0 Å². The first-order chi connectivity index (χ1) is 12.3. The van der Waals surface area contributed by atoms with Gasteiger partial charge in [0.05, 0.1) is 0 Å². The lowest BCUT2D eigenvalue weighted by atomic mass is 9.82. The molecule has 0 aromatic heterocycles. The third kappa shape index (κ3) is 2.96. The number of nitrogens with one attached hydrogen (secondary N) is 1. The molecule has 1 N–H and O–H groups in total. The molecule has 0 unspecified atom stereocenters. The van der Waals surface area contributed by atoms with E-state index in [1.54, 1.807) is 6.07 Å². The molecule has 2 aromatic rings. The van der Waals surface area contributed by atoms with Crippen molar-refractivity contribution < 1.29 is 13.6 Å². The SMILES string of the molecule is CC1(C)CCN(c2cc(-c3ccc(F)cc3F)cc3c2CNC3=O)CC1. The number of hydrogen-bond donors (Lipinski definition) is 1. The standard InChI is InChI=1S/C21H22F2N2O/c1-21(2)5-7-25(8-6-21)19-10-13(9-16-17(19)12-24-20(16)26)15-4-3-14(22)11-18(15)23/h3-4,9-11H,5-8,12H2,1-2H3,(H,24,26).